The smallest absolute Gasteiger partial charge is 0.247 e. The van der Waals surface area contributed by atoms with Gasteiger partial charge in [0.15, 0.2) is 5.13 Å². The minimum absolute atomic E-state index is 0.114. The molecule has 0 N–H and O–H groups in total. The summed E-state index contributed by atoms with van der Waals surface area (Å²) in [6, 6.07) is 9.61. The molecule has 0 saturated carbocycles. The third kappa shape index (κ3) is 4.92. The van der Waals surface area contributed by atoms with Gasteiger partial charge in [-0.3, -0.25) is 9.69 Å². The third-order valence-electron chi connectivity index (χ3n) is 5.76. The third-order valence-corrected chi connectivity index (χ3v) is 8.73. The van der Waals surface area contributed by atoms with E-state index in [1.54, 1.807) is 18.2 Å². The number of rotatable bonds is 8. The van der Waals surface area contributed by atoms with Crippen molar-refractivity contribution in [3.63, 3.8) is 0 Å². The Hall–Kier alpha value is -2.60. The van der Waals surface area contributed by atoms with Crippen molar-refractivity contribution in [2.45, 2.75) is 23.8 Å². The Labute approximate surface area is 202 Å². The Morgan fingerprint density at radius 2 is 1.94 bits per heavy atom. The number of benzene rings is 2. The second kappa shape index (κ2) is 9.95. The van der Waals surface area contributed by atoms with Crippen molar-refractivity contribution in [2.75, 3.05) is 45.7 Å². The summed E-state index contributed by atoms with van der Waals surface area (Å²) in [6.45, 7) is 1.16. The van der Waals surface area contributed by atoms with Crippen LogP contribution in [0.2, 0.25) is 0 Å². The molecular formula is C23H27FN4O4S2. The second-order valence-electron chi connectivity index (χ2n) is 8.35. The van der Waals surface area contributed by atoms with Crippen molar-refractivity contribution < 1.29 is 22.3 Å². The number of halogens is 1. The van der Waals surface area contributed by atoms with Gasteiger partial charge in [0.05, 0.1) is 22.2 Å². The highest BCUT2D eigenvalue weighted by Gasteiger charge is 2.42. The number of hydrogen-bond acceptors (Lipinski definition) is 7. The molecule has 1 aliphatic rings. The topological polar surface area (TPSA) is 83.0 Å². The molecule has 1 fully saturated rings. The van der Waals surface area contributed by atoms with Gasteiger partial charge in [0.25, 0.3) is 0 Å². The van der Waals surface area contributed by atoms with E-state index in [0.717, 1.165) is 0 Å². The van der Waals surface area contributed by atoms with E-state index in [1.807, 2.05) is 19.0 Å². The lowest BCUT2D eigenvalue weighted by molar-refractivity contribution is -0.121. The zero-order valence-electron chi connectivity index (χ0n) is 19.3. The zero-order chi connectivity index (χ0) is 24.5. The van der Waals surface area contributed by atoms with Gasteiger partial charge in [-0.25, -0.2) is 17.8 Å². The summed E-state index contributed by atoms with van der Waals surface area (Å²) in [5.74, 6) is -0.146. The molecule has 1 unspecified atom stereocenters. The number of amides is 1. The molecule has 8 nitrogen and oxygen atoms in total. The summed E-state index contributed by atoms with van der Waals surface area (Å²) < 4.78 is 47.6. The van der Waals surface area contributed by atoms with Crippen LogP contribution in [0.15, 0.2) is 47.4 Å². The maximum Gasteiger partial charge on any atom is 0.247 e. The highest BCUT2D eigenvalue weighted by Crippen LogP contribution is 2.33. The molecule has 0 radical (unpaired) electrons. The molecule has 182 valence electrons. The van der Waals surface area contributed by atoms with Gasteiger partial charge in [-0.2, -0.15) is 4.31 Å². The maximum atomic E-state index is 13.8. The molecule has 1 amide bonds. The molecule has 0 spiro atoms. The van der Waals surface area contributed by atoms with E-state index in [-0.39, 0.29) is 23.2 Å². The van der Waals surface area contributed by atoms with Crippen LogP contribution in [0.1, 0.15) is 12.8 Å². The fraction of sp³-hybridized carbons (Fsp3) is 0.391. The molecule has 2 heterocycles. The number of nitrogens with zero attached hydrogens (tertiary/aromatic N) is 4. The molecule has 1 aliphatic heterocycles. The molecule has 3 aromatic rings. The number of carbonyl (C=O) groups is 1. The number of ether oxygens (including phenoxy) is 1. The summed E-state index contributed by atoms with van der Waals surface area (Å²) in [7, 11) is 1.42. The number of aromatic nitrogens is 1. The number of likely N-dealkylation sites (N-methyl/N-ethyl adjacent to an activating group) is 1. The highest BCUT2D eigenvalue weighted by atomic mass is 32.2. The van der Waals surface area contributed by atoms with Crippen LogP contribution < -0.4 is 9.64 Å². The molecule has 1 aromatic heterocycles. The van der Waals surface area contributed by atoms with Gasteiger partial charge in [-0.1, -0.05) is 11.3 Å². The second-order valence-corrected chi connectivity index (χ2v) is 11.3. The molecule has 0 aliphatic carbocycles. The van der Waals surface area contributed by atoms with Crippen molar-refractivity contribution >= 4 is 42.6 Å². The number of hydrogen-bond donors (Lipinski definition) is 0. The fourth-order valence-electron chi connectivity index (χ4n) is 3.94. The van der Waals surface area contributed by atoms with Crippen LogP contribution >= 0.6 is 11.3 Å². The fourth-order valence-corrected chi connectivity index (χ4v) is 6.61. The normalized spacial score (nSPS) is 16.9. The predicted molar refractivity (Wildman–Crippen MR) is 130 cm³/mol. The van der Waals surface area contributed by atoms with Crippen LogP contribution in [0.25, 0.3) is 10.2 Å². The number of fused-ring (bicyclic) bond motifs is 1. The molecule has 0 bridgehead atoms. The van der Waals surface area contributed by atoms with Gasteiger partial charge in [0.1, 0.15) is 17.6 Å². The molecule has 1 atom stereocenters. The van der Waals surface area contributed by atoms with Crippen LogP contribution in [0.5, 0.6) is 5.75 Å². The van der Waals surface area contributed by atoms with E-state index in [0.29, 0.717) is 47.0 Å². The quantitative estimate of drug-likeness (QED) is 0.467. The van der Waals surface area contributed by atoms with Gasteiger partial charge in [-0.15, -0.1) is 0 Å². The Bertz CT molecular complexity index is 1280. The Morgan fingerprint density at radius 3 is 2.62 bits per heavy atom. The SMILES string of the molecule is COc1ccc(S(=O)(=O)N2CCCC2C(=O)N(CCN(C)C)c2nc3ccc(F)cc3s2)cc1. The number of anilines is 1. The van der Waals surface area contributed by atoms with Crippen LogP contribution in [0.4, 0.5) is 9.52 Å². The first kappa shape index (κ1) is 24.5. The molecule has 4 rings (SSSR count). The van der Waals surface area contributed by atoms with E-state index in [1.165, 1.54) is 51.9 Å². The van der Waals surface area contributed by atoms with Gasteiger partial charge in [0, 0.05) is 19.6 Å². The number of methoxy groups -OCH3 is 1. The Balaban J connectivity index is 1.66. The van der Waals surface area contributed by atoms with Crippen molar-refractivity contribution in [2.24, 2.45) is 0 Å². The van der Waals surface area contributed by atoms with Crippen LogP contribution in [-0.4, -0.2) is 75.4 Å². The minimum atomic E-state index is -3.88. The number of carbonyl (C=O) groups excluding carboxylic acids is 1. The van der Waals surface area contributed by atoms with Gasteiger partial charge in [0.2, 0.25) is 15.9 Å². The van der Waals surface area contributed by atoms with Crippen molar-refractivity contribution in [3.05, 3.63) is 48.3 Å². The van der Waals surface area contributed by atoms with Crippen molar-refractivity contribution in [3.8, 4) is 5.75 Å². The predicted octanol–water partition coefficient (Wildman–Crippen LogP) is 3.19. The van der Waals surface area contributed by atoms with Crippen LogP contribution in [0.3, 0.4) is 0 Å². The lowest BCUT2D eigenvalue weighted by Gasteiger charge is -2.29. The number of thiazole rings is 1. The lowest BCUT2D eigenvalue weighted by atomic mass is 10.2. The molecule has 11 heteroatoms. The lowest BCUT2D eigenvalue weighted by Crippen LogP contribution is -2.49. The van der Waals surface area contributed by atoms with E-state index in [2.05, 4.69) is 4.98 Å². The summed E-state index contributed by atoms with van der Waals surface area (Å²) in [4.78, 5) is 21.9. The zero-order valence-corrected chi connectivity index (χ0v) is 20.9. The van der Waals surface area contributed by atoms with Gasteiger partial charge in [-0.05, 0) is 69.4 Å². The maximum absolute atomic E-state index is 13.8. The van der Waals surface area contributed by atoms with Crippen LogP contribution in [0, 0.1) is 5.82 Å². The Kier molecular flexibility index (Phi) is 7.17. The first-order chi connectivity index (χ1) is 16.2. The average molecular weight is 507 g/mol. The van der Waals surface area contributed by atoms with Crippen molar-refractivity contribution in [1.29, 1.82) is 0 Å². The largest absolute Gasteiger partial charge is 0.497 e. The van der Waals surface area contributed by atoms with E-state index in [4.69, 9.17) is 4.74 Å². The first-order valence-corrected chi connectivity index (χ1v) is 13.1. The van der Waals surface area contributed by atoms with Crippen molar-refractivity contribution in [1.82, 2.24) is 14.2 Å². The molecule has 2 aromatic carbocycles. The molecule has 34 heavy (non-hydrogen) atoms. The highest BCUT2D eigenvalue weighted by molar-refractivity contribution is 7.89. The minimum Gasteiger partial charge on any atom is -0.497 e. The Morgan fingerprint density at radius 1 is 1.21 bits per heavy atom. The van der Waals surface area contributed by atoms with Gasteiger partial charge >= 0.3 is 0 Å². The summed E-state index contributed by atoms with van der Waals surface area (Å²) in [6.07, 6.45) is 1.00. The first-order valence-electron chi connectivity index (χ1n) is 10.9. The number of sulfonamides is 1. The van der Waals surface area contributed by atoms with E-state index in [9.17, 15) is 17.6 Å². The van der Waals surface area contributed by atoms with E-state index < -0.39 is 16.1 Å². The average Bonchev–Trinajstić information content (AvgIpc) is 3.46. The van der Waals surface area contributed by atoms with Gasteiger partial charge < -0.3 is 9.64 Å². The summed E-state index contributed by atoms with van der Waals surface area (Å²) >= 11 is 1.22. The standard InChI is InChI=1S/C23H27FN4O4S2/c1-26(2)13-14-27(23-25-19-11-6-16(24)15-21(19)33-23)22(29)20-5-4-12-28(20)34(30,31)18-9-7-17(32-3)8-10-18/h6-11,15,20H,4-5,12-14H2,1-3H3. The summed E-state index contributed by atoms with van der Waals surface area (Å²) in [5.41, 5.74) is 0.596. The summed E-state index contributed by atoms with van der Waals surface area (Å²) in [5, 5.41) is 0.432. The molecular weight excluding hydrogens is 479 g/mol. The monoisotopic (exact) mass is 506 g/mol. The van der Waals surface area contributed by atoms with E-state index >= 15 is 0 Å². The van der Waals surface area contributed by atoms with Crippen LogP contribution in [-0.2, 0) is 14.8 Å². The molecule has 1 saturated heterocycles.